The second-order valence-electron chi connectivity index (χ2n) is 2.76. The number of carbonyl (C=O) groups excluding carboxylic acids is 1. The van der Waals surface area contributed by atoms with Crippen molar-refractivity contribution in [2.24, 2.45) is 5.73 Å². The number of nitrogens with two attached hydrogens (primary N) is 1. The predicted octanol–water partition coefficient (Wildman–Crippen LogP) is 2.06. The van der Waals surface area contributed by atoms with Crippen LogP contribution in [0.5, 0.6) is 0 Å². The number of rotatable bonds is 2. The summed E-state index contributed by atoms with van der Waals surface area (Å²) in [5.74, 6) is -1.14. The first-order valence-corrected chi connectivity index (χ1v) is 4.84. The number of benzene rings is 1. The molecular weight excluding hydrogens is 265 g/mol. The normalized spacial score (nSPS) is 11.3. The van der Waals surface area contributed by atoms with Gasteiger partial charge in [-0.25, -0.2) is 9.18 Å². The average Bonchev–Trinajstić information content (AvgIpc) is 2.22. The summed E-state index contributed by atoms with van der Waals surface area (Å²) in [6.45, 7) is 0. The van der Waals surface area contributed by atoms with Crippen LogP contribution in [-0.4, -0.2) is 13.1 Å². The van der Waals surface area contributed by atoms with Gasteiger partial charge in [-0.2, -0.15) is 0 Å². The van der Waals surface area contributed by atoms with E-state index in [0.717, 1.165) is 0 Å². The summed E-state index contributed by atoms with van der Waals surface area (Å²) in [7, 11) is 1.21. The van der Waals surface area contributed by atoms with Crippen molar-refractivity contribution in [3.8, 4) is 0 Å². The van der Waals surface area contributed by atoms with Crippen molar-refractivity contribution >= 4 is 28.0 Å². The van der Waals surface area contributed by atoms with Crippen molar-refractivity contribution in [2.75, 3.05) is 7.11 Å². The molecule has 0 bridgehead atoms. The minimum absolute atomic E-state index is 0.144. The van der Waals surface area contributed by atoms with Gasteiger partial charge < -0.3 is 10.5 Å². The Kier molecular flexibility index (Phi) is 3.85. The first kappa shape index (κ1) is 11.7. The number of hydrogen-bond donors (Lipinski definition) is 1. The Morgan fingerprint density at radius 3 is 2.87 bits per heavy atom. The molecule has 0 saturated carbocycles. The first-order chi connectivity index (χ1) is 7.04. The fraction of sp³-hybridized carbons (Fsp3) is 0.100. The SMILES string of the molecule is COC(=O)/C(N)=C/c1cc(Br)ccc1F. The molecule has 5 heteroatoms. The number of esters is 1. The number of hydrogen-bond acceptors (Lipinski definition) is 3. The fourth-order valence-electron chi connectivity index (χ4n) is 0.970. The maximum atomic E-state index is 13.2. The molecule has 0 fully saturated rings. The predicted molar refractivity (Wildman–Crippen MR) is 58.3 cm³/mol. The van der Waals surface area contributed by atoms with E-state index in [0.29, 0.717) is 4.47 Å². The number of methoxy groups -OCH3 is 1. The molecule has 3 nitrogen and oxygen atoms in total. The Bertz CT molecular complexity index is 418. The molecule has 15 heavy (non-hydrogen) atoms. The highest BCUT2D eigenvalue weighted by Gasteiger charge is 2.06. The zero-order chi connectivity index (χ0) is 11.4. The molecule has 0 aromatic heterocycles. The van der Waals surface area contributed by atoms with Crippen LogP contribution >= 0.6 is 15.9 Å². The lowest BCUT2D eigenvalue weighted by atomic mass is 10.2. The van der Waals surface area contributed by atoms with Gasteiger partial charge in [0.25, 0.3) is 0 Å². The van der Waals surface area contributed by atoms with Crippen LogP contribution in [0.3, 0.4) is 0 Å². The highest BCUT2D eigenvalue weighted by molar-refractivity contribution is 9.10. The lowest BCUT2D eigenvalue weighted by molar-refractivity contribution is -0.136. The topological polar surface area (TPSA) is 52.3 Å². The molecule has 0 aliphatic rings. The smallest absolute Gasteiger partial charge is 0.353 e. The summed E-state index contributed by atoms with van der Waals surface area (Å²) >= 11 is 3.19. The van der Waals surface area contributed by atoms with Gasteiger partial charge in [0.05, 0.1) is 7.11 Å². The van der Waals surface area contributed by atoms with E-state index < -0.39 is 11.8 Å². The summed E-state index contributed by atoms with van der Waals surface area (Å²) in [5, 5.41) is 0. The Hall–Kier alpha value is -1.36. The molecule has 0 unspecified atom stereocenters. The number of ether oxygens (including phenoxy) is 1. The summed E-state index contributed by atoms with van der Waals surface area (Å²) in [6.07, 6.45) is 1.23. The Labute approximate surface area is 94.8 Å². The van der Waals surface area contributed by atoms with Crippen molar-refractivity contribution in [3.05, 3.63) is 39.7 Å². The zero-order valence-corrected chi connectivity index (χ0v) is 9.55. The Morgan fingerprint density at radius 1 is 1.60 bits per heavy atom. The van der Waals surface area contributed by atoms with E-state index >= 15 is 0 Å². The molecule has 0 spiro atoms. The monoisotopic (exact) mass is 273 g/mol. The van der Waals surface area contributed by atoms with Gasteiger partial charge in [0.1, 0.15) is 11.5 Å². The van der Waals surface area contributed by atoms with E-state index in [1.807, 2.05) is 0 Å². The molecule has 0 heterocycles. The van der Waals surface area contributed by atoms with Crippen LogP contribution in [-0.2, 0) is 9.53 Å². The minimum atomic E-state index is -0.686. The van der Waals surface area contributed by atoms with E-state index in [-0.39, 0.29) is 11.3 Å². The summed E-state index contributed by atoms with van der Waals surface area (Å²) < 4.78 is 18.3. The molecule has 0 aliphatic heterocycles. The third kappa shape index (κ3) is 3.06. The molecule has 0 atom stereocenters. The lowest BCUT2D eigenvalue weighted by Gasteiger charge is -2.01. The second kappa shape index (κ2) is 4.93. The van der Waals surface area contributed by atoms with Crippen molar-refractivity contribution in [1.82, 2.24) is 0 Å². The van der Waals surface area contributed by atoms with Crippen molar-refractivity contribution < 1.29 is 13.9 Å². The van der Waals surface area contributed by atoms with Gasteiger partial charge >= 0.3 is 5.97 Å². The summed E-state index contributed by atoms with van der Waals surface area (Å²) in [6, 6.07) is 4.35. The van der Waals surface area contributed by atoms with Crippen molar-refractivity contribution in [2.45, 2.75) is 0 Å². The van der Waals surface area contributed by atoms with E-state index in [4.69, 9.17) is 5.73 Å². The molecule has 1 aromatic carbocycles. The van der Waals surface area contributed by atoms with Crippen LogP contribution in [0.1, 0.15) is 5.56 Å². The van der Waals surface area contributed by atoms with Crippen LogP contribution in [0.15, 0.2) is 28.4 Å². The van der Waals surface area contributed by atoms with E-state index in [1.165, 1.54) is 25.3 Å². The lowest BCUT2D eigenvalue weighted by Crippen LogP contribution is -2.12. The Morgan fingerprint density at radius 2 is 2.27 bits per heavy atom. The van der Waals surface area contributed by atoms with Crippen LogP contribution in [0.4, 0.5) is 4.39 Å². The summed E-state index contributed by atoms with van der Waals surface area (Å²) in [5.41, 5.74) is 5.47. The Balaban J connectivity index is 3.07. The maximum Gasteiger partial charge on any atom is 0.353 e. The zero-order valence-electron chi connectivity index (χ0n) is 7.96. The average molecular weight is 274 g/mol. The van der Waals surface area contributed by atoms with Crippen LogP contribution in [0, 0.1) is 5.82 Å². The van der Waals surface area contributed by atoms with Gasteiger partial charge in [-0.15, -0.1) is 0 Å². The molecule has 1 aromatic rings. The van der Waals surface area contributed by atoms with Gasteiger partial charge in [0.15, 0.2) is 0 Å². The summed E-state index contributed by atoms with van der Waals surface area (Å²) in [4.78, 5) is 11.0. The molecule has 2 N–H and O–H groups in total. The van der Waals surface area contributed by atoms with E-state index in [1.54, 1.807) is 6.07 Å². The molecule has 1 rings (SSSR count). The largest absolute Gasteiger partial charge is 0.464 e. The van der Waals surface area contributed by atoms with Gasteiger partial charge in [-0.05, 0) is 24.3 Å². The van der Waals surface area contributed by atoms with Gasteiger partial charge in [0.2, 0.25) is 0 Å². The van der Waals surface area contributed by atoms with Crippen LogP contribution in [0.2, 0.25) is 0 Å². The van der Waals surface area contributed by atoms with Crippen LogP contribution in [0.25, 0.3) is 6.08 Å². The van der Waals surface area contributed by atoms with E-state index in [2.05, 4.69) is 20.7 Å². The second-order valence-corrected chi connectivity index (χ2v) is 3.67. The molecule has 0 aliphatic carbocycles. The first-order valence-electron chi connectivity index (χ1n) is 4.05. The third-order valence-corrected chi connectivity index (χ3v) is 2.18. The number of halogens is 2. The van der Waals surface area contributed by atoms with Crippen molar-refractivity contribution in [3.63, 3.8) is 0 Å². The van der Waals surface area contributed by atoms with E-state index in [9.17, 15) is 9.18 Å². The molecule has 0 amide bonds. The maximum absolute atomic E-state index is 13.2. The minimum Gasteiger partial charge on any atom is -0.464 e. The molecule has 0 saturated heterocycles. The highest BCUT2D eigenvalue weighted by Crippen LogP contribution is 2.17. The third-order valence-electron chi connectivity index (χ3n) is 1.69. The van der Waals surface area contributed by atoms with Gasteiger partial charge in [-0.1, -0.05) is 15.9 Å². The quantitative estimate of drug-likeness (QED) is 0.663. The van der Waals surface area contributed by atoms with Gasteiger partial charge in [0, 0.05) is 10.0 Å². The van der Waals surface area contributed by atoms with Crippen molar-refractivity contribution in [1.29, 1.82) is 0 Å². The number of carbonyl (C=O) groups is 1. The molecule has 0 radical (unpaired) electrons. The fourth-order valence-corrected chi connectivity index (χ4v) is 1.35. The van der Waals surface area contributed by atoms with Gasteiger partial charge in [-0.3, -0.25) is 0 Å². The highest BCUT2D eigenvalue weighted by atomic mass is 79.9. The standard InChI is InChI=1S/C10H9BrFNO2/c1-15-10(14)9(13)5-6-4-7(11)2-3-8(6)12/h2-5H,13H2,1H3/b9-5-. The molecule has 80 valence electrons. The van der Waals surface area contributed by atoms with Crippen LogP contribution < -0.4 is 5.73 Å². The molecular formula is C10H9BrFNO2.